The third-order valence-corrected chi connectivity index (χ3v) is 4.83. The van der Waals surface area contributed by atoms with E-state index >= 15 is 0 Å². The summed E-state index contributed by atoms with van der Waals surface area (Å²) in [6.07, 6.45) is 6.15. The van der Waals surface area contributed by atoms with Crippen LogP contribution in [0.2, 0.25) is 0 Å². The van der Waals surface area contributed by atoms with Gasteiger partial charge < -0.3 is 21.3 Å². The number of amides is 4. The fourth-order valence-corrected chi connectivity index (χ4v) is 3.12. The van der Waals surface area contributed by atoms with E-state index in [-0.39, 0.29) is 12.6 Å². The number of ketones is 1. The molecule has 1 aliphatic carbocycles. The molecule has 1 fully saturated rings. The Morgan fingerprint density at radius 3 is 1.92 bits per heavy atom. The molecule has 0 bridgehead atoms. The highest BCUT2D eigenvalue weighted by Gasteiger charge is 2.22. The lowest BCUT2D eigenvalue weighted by Crippen LogP contribution is -2.50. The predicted molar refractivity (Wildman–Crippen MR) is 146 cm³/mol. The van der Waals surface area contributed by atoms with Crippen LogP contribution in [-0.2, 0) is 19.2 Å². The van der Waals surface area contributed by atoms with Crippen LogP contribution in [0.5, 0.6) is 0 Å². The summed E-state index contributed by atoms with van der Waals surface area (Å²) in [4.78, 5) is 59.7. The van der Waals surface area contributed by atoms with Crippen LogP contribution < -0.4 is 21.3 Å². The zero-order valence-electron chi connectivity index (χ0n) is 23.3. The van der Waals surface area contributed by atoms with E-state index in [1.165, 1.54) is 13.3 Å². The lowest BCUT2D eigenvalue weighted by Gasteiger charge is -2.22. The molecule has 1 atom stereocenters. The molecule has 0 aromatic heterocycles. The number of Topliss-reactive ketones (excluding diaryl/α,β-unsaturated/α-hetero) is 1. The topological polar surface area (TPSA) is 133 Å². The van der Waals surface area contributed by atoms with Gasteiger partial charge in [-0.05, 0) is 37.8 Å². The number of carbonyl (C=O) groups is 5. The quantitative estimate of drug-likeness (QED) is 0.373. The maximum Gasteiger partial charge on any atom is 0.289 e. The number of benzene rings is 1. The fraction of sp³-hybridized carbons (Fsp3) is 0.607. The van der Waals surface area contributed by atoms with E-state index in [1.54, 1.807) is 30.3 Å². The van der Waals surface area contributed by atoms with E-state index in [9.17, 15) is 24.0 Å². The van der Waals surface area contributed by atoms with Gasteiger partial charge in [0.25, 0.3) is 11.8 Å². The predicted octanol–water partition coefficient (Wildman–Crippen LogP) is 3.13. The van der Waals surface area contributed by atoms with Crippen molar-refractivity contribution in [3.63, 3.8) is 0 Å². The van der Waals surface area contributed by atoms with Crippen molar-refractivity contribution < 1.29 is 24.0 Å². The Balaban J connectivity index is 0.00000165. The van der Waals surface area contributed by atoms with Gasteiger partial charge in [0.15, 0.2) is 0 Å². The van der Waals surface area contributed by atoms with Crippen molar-refractivity contribution in [3.05, 3.63) is 35.9 Å². The molecule has 0 heterocycles. The van der Waals surface area contributed by atoms with Gasteiger partial charge in [-0.3, -0.25) is 24.0 Å². The average Bonchev–Trinajstić information content (AvgIpc) is 2.86. The number of nitrogens with one attached hydrogen (secondary N) is 4. The van der Waals surface area contributed by atoms with E-state index < -0.39 is 42.0 Å². The van der Waals surface area contributed by atoms with Crippen LogP contribution in [-0.4, -0.2) is 54.6 Å². The van der Waals surface area contributed by atoms with Crippen molar-refractivity contribution in [2.75, 3.05) is 13.1 Å². The van der Waals surface area contributed by atoms with Gasteiger partial charge in [0, 0.05) is 11.6 Å². The molecule has 0 radical (unpaired) electrons. The molecule has 4 amide bonds. The molecular weight excluding hydrogens is 472 g/mol. The zero-order chi connectivity index (χ0) is 28.2. The molecule has 1 aliphatic rings. The summed E-state index contributed by atoms with van der Waals surface area (Å²) in [6.45, 7) is 11.5. The molecule has 4 N–H and O–H groups in total. The Hall–Kier alpha value is -3.23. The van der Waals surface area contributed by atoms with Gasteiger partial charge in [-0.25, -0.2) is 0 Å². The Morgan fingerprint density at radius 1 is 0.838 bits per heavy atom. The number of hydrogen-bond donors (Lipinski definition) is 4. The van der Waals surface area contributed by atoms with Crippen molar-refractivity contribution in [1.29, 1.82) is 0 Å². The second-order valence-corrected chi connectivity index (χ2v) is 9.73. The SMILES string of the molecule is CC(C)C.CC(NC(=O)CNC(=O)c1ccccc1)C(=O)NCC(=O)C(=O)NC1CCCCC1.CCC. The second-order valence-electron chi connectivity index (χ2n) is 9.73. The Bertz CT molecular complexity index is 833. The highest BCUT2D eigenvalue weighted by atomic mass is 16.2. The molecule has 9 nitrogen and oxygen atoms in total. The van der Waals surface area contributed by atoms with Crippen molar-refractivity contribution in [1.82, 2.24) is 21.3 Å². The maximum absolute atomic E-state index is 12.1. The molecule has 1 aromatic carbocycles. The van der Waals surface area contributed by atoms with Gasteiger partial charge in [0.2, 0.25) is 17.6 Å². The Morgan fingerprint density at radius 2 is 1.38 bits per heavy atom. The minimum atomic E-state index is -0.930. The largest absolute Gasteiger partial charge is 0.347 e. The second kappa shape index (κ2) is 19.9. The first-order chi connectivity index (χ1) is 17.5. The summed E-state index contributed by atoms with van der Waals surface area (Å²) in [5.74, 6) is -2.16. The monoisotopic (exact) mass is 518 g/mol. The minimum absolute atomic E-state index is 0.00945. The lowest BCUT2D eigenvalue weighted by atomic mass is 9.95. The highest BCUT2D eigenvalue weighted by Crippen LogP contribution is 2.17. The van der Waals surface area contributed by atoms with Crippen LogP contribution in [0, 0.1) is 5.92 Å². The van der Waals surface area contributed by atoms with Crippen molar-refractivity contribution in [2.45, 2.75) is 92.2 Å². The molecular formula is C28H46N4O5. The Kier molecular flexibility index (Phi) is 18.2. The molecule has 1 saturated carbocycles. The van der Waals surface area contributed by atoms with Gasteiger partial charge >= 0.3 is 0 Å². The third-order valence-electron chi connectivity index (χ3n) is 4.83. The fourth-order valence-electron chi connectivity index (χ4n) is 3.12. The van der Waals surface area contributed by atoms with Crippen LogP contribution in [0.15, 0.2) is 30.3 Å². The molecule has 0 spiro atoms. The molecule has 208 valence electrons. The van der Waals surface area contributed by atoms with Crippen LogP contribution >= 0.6 is 0 Å². The lowest BCUT2D eigenvalue weighted by molar-refractivity contribution is -0.138. The minimum Gasteiger partial charge on any atom is -0.347 e. The van der Waals surface area contributed by atoms with Crippen LogP contribution in [0.1, 0.15) is 90.4 Å². The smallest absolute Gasteiger partial charge is 0.289 e. The van der Waals surface area contributed by atoms with E-state index in [2.05, 4.69) is 55.9 Å². The molecule has 1 aromatic rings. The van der Waals surface area contributed by atoms with E-state index in [1.807, 2.05) is 0 Å². The van der Waals surface area contributed by atoms with Gasteiger partial charge in [0.05, 0.1) is 13.1 Å². The van der Waals surface area contributed by atoms with E-state index in [4.69, 9.17) is 0 Å². The summed E-state index contributed by atoms with van der Waals surface area (Å²) >= 11 is 0. The highest BCUT2D eigenvalue weighted by molar-refractivity contribution is 6.37. The van der Waals surface area contributed by atoms with E-state index in [0.717, 1.165) is 38.0 Å². The first-order valence-electron chi connectivity index (χ1n) is 13.3. The van der Waals surface area contributed by atoms with E-state index in [0.29, 0.717) is 5.56 Å². The summed E-state index contributed by atoms with van der Waals surface area (Å²) in [5.41, 5.74) is 0.418. The average molecular weight is 519 g/mol. The molecule has 1 unspecified atom stereocenters. The number of rotatable bonds is 9. The number of hydrogen-bond acceptors (Lipinski definition) is 5. The van der Waals surface area contributed by atoms with Crippen molar-refractivity contribution >= 4 is 29.4 Å². The first-order valence-corrected chi connectivity index (χ1v) is 13.3. The first kappa shape index (κ1) is 33.8. The summed E-state index contributed by atoms with van der Waals surface area (Å²) in [6, 6.07) is 7.50. The summed E-state index contributed by atoms with van der Waals surface area (Å²) < 4.78 is 0. The zero-order valence-corrected chi connectivity index (χ0v) is 23.3. The number of carbonyl (C=O) groups excluding carboxylic acids is 5. The normalized spacial score (nSPS) is 13.5. The standard InChI is InChI=1S/C21H28N4O5.C4H10.C3H8/c1-14(24-18(27)13-23-20(29)15-8-4-2-5-9-15)19(28)22-12-17(26)21(30)25-16-10-6-3-7-11-16;1-4(2)3;1-3-2/h2,4-5,8-9,14,16H,3,6-7,10-13H2,1H3,(H,22,28)(H,23,29)(H,24,27)(H,25,30);4H,1-3H3;3H2,1-2H3. The molecule has 9 heteroatoms. The molecule has 37 heavy (non-hydrogen) atoms. The van der Waals surface area contributed by atoms with Gasteiger partial charge in [-0.1, -0.05) is 78.5 Å². The molecule has 0 aliphatic heterocycles. The summed E-state index contributed by atoms with van der Waals surface area (Å²) in [5, 5.41) is 9.92. The Labute approximate surface area is 221 Å². The van der Waals surface area contributed by atoms with Gasteiger partial charge in [-0.15, -0.1) is 0 Å². The maximum atomic E-state index is 12.1. The van der Waals surface area contributed by atoms with Gasteiger partial charge in [0.1, 0.15) is 6.04 Å². The van der Waals surface area contributed by atoms with Crippen LogP contribution in [0.25, 0.3) is 0 Å². The van der Waals surface area contributed by atoms with Crippen LogP contribution in [0.4, 0.5) is 0 Å². The van der Waals surface area contributed by atoms with Crippen LogP contribution in [0.3, 0.4) is 0 Å². The molecule has 2 rings (SSSR count). The summed E-state index contributed by atoms with van der Waals surface area (Å²) in [7, 11) is 0. The molecule has 0 saturated heterocycles. The van der Waals surface area contributed by atoms with Crippen molar-refractivity contribution in [3.8, 4) is 0 Å². The van der Waals surface area contributed by atoms with Gasteiger partial charge in [-0.2, -0.15) is 0 Å². The van der Waals surface area contributed by atoms with Crippen molar-refractivity contribution in [2.24, 2.45) is 5.92 Å². The third kappa shape index (κ3) is 17.0.